The predicted molar refractivity (Wildman–Crippen MR) is 70.3 cm³/mol. The van der Waals surface area contributed by atoms with Crippen LogP contribution in [-0.4, -0.2) is 24.4 Å². The number of hydrogen-bond acceptors (Lipinski definition) is 3. The summed E-state index contributed by atoms with van der Waals surface area (Å²) in [5, 5.41) is 9.36. The lowest BCUT2D eigenvalue weighted by atomic mass is 9.98. The van der Waals surface area contributed by atoms with E-state index in [2.05, 4.69) is 19.9 Å². The van der Waals surface area contributed by atoms with E-state index < -0.39 is 6.10 Å². The molecular weight excluding hydrogens is 214 g/mol. The number of ether oxygens (including phenoxy) is 1. The van der Waals surface area contributed by atoms with E-state index in [1.54, 1.807) is 0 Å². The predicted octanol–water partition coefficient (Wildman–Crippen LogP) is 2.29. The number of aliphatic hydroxyl groups excluding tert-OH is 1. The first-order valence-corrected chi connectivity index (χ1v) is 6.28. The topological polar surface area (TPSA) is 55.5 Å². The Balaban J connectivity index is 2.58. The van der Waals surface area contributed by atoms with Gasteiger partial charge in [-0.25, -0.2) is 0 Å². The summed E-state index contributed by atoms with van der Waals surface area (Å²) < 4.78 is 5.72. The molecule has 0 aliphatic heterocycles. The van der Waals surface area contributed by atoms with Crippen molar-refractivity contribution in [3.05, 3.63) is 29.8 Å². The van der Waals surface area contributed by atoms with Crippen molar-refractivity contribution >= 4 is 0 Å². The summed E-state index contributed by atoms with van der Waals surface area (Å²) in [4.78, 5) is 0. The van der Waals surface area contributed by atoms with Crippen LogP contribution in [0.3, 0.4) is 0 Å². The molecule has 2 unspecified atom stereocenters. The number of benzene rings is 1. The summed E-state index contributed by atoms with van der Waals surface area (Å²) in [6.45, 7) is 5.15. The lowest BCUT2D eigenvalue weighted by Crippen LogP contribution is -2.22. The molecule has 0 spiro atoms. The lowest BCUT2D eigenvalue weighted by Gasteiger charge is -2.16. The quantitative estimate of drug-likeness (QED) is 0.765. The fourth-order valence-corrected chi connectivity index (χ4v) is 1.66. The van der Waals surface area contributed by atoms with Crippen molar-refractivity contribution in [2.45, 2.75) is 38.7 Å². The maximum atomic E-state index is 9.36. The van der Waals surface area contributed by atoms with Crippen LogP contribution < -0.4 is 10.5 Å². The first-order chi connectivity index (χ1) is 8.19. The number of para-hydroxylation sites is 1. The smallest absolute Gasteiger partial charge is 0.122 e. The standard InChI is InChI=1S/C14H23NO2/c1-3-11(2)13-6-4-5-7-14(13)17-9-8-12(16)10-15/h4-7,11-12,16H,3,8-10,15H2,1-2H3. The van der Waals surface area contributed by atoms with Gasteiger partial charge in [0.05, 0.1) is 12.7 Å². The van der Waals surface area contributed by atoms with E-state index in [0.717, 1.165) is 12.2 Å². The second kappa shape index (κ2) is 7.30. The average Bonchev–Trinajstić information content (AvgIpc) is 2.38. The van der Waals surface area contributed by atoms with Gasteiger partial charge in [0.1, 0.15) is 5.75 Å². The van der Waals surface area contributed by atoms with Crippen LogP contribution in [0.1, 0.15) is 38.2 Å². The SMILES string of the molecule is CCC(C)c1ccccc1OCCC(O)CN. The Morgan fingerprint density at radius 3 is 2.71 bits per heavy atom. The first kappa shape index (κ1) is 14.0. The zero-order valence-corrected chi connectivity index (χ0v) is 10.7. The highest BCUT2D eigenvalue weighted by Crippen LogP contribution is 2.28. The normalized spacial score (nSPS) is 14.4. The first-order valence-electron chi connectivity index (χ1n) is 6.28. The van der Waals surface area contributed by atoms with Crippen LogP contribution in [0.15, 0.2) is 24.3 Å². The molecule has 0 heterocycles. The second-order valence-corrected chi connectivity index (χ2v) is 4.37. The molecule has 96 valence electrons. The van der Waals surface area contributed by atoms with Gasteiger partial charge in [-0.05, 0) is 24.0 Å². The van der Waals surface area contributed by atoms with Gasteiger partial charge in [-0.2, -0.15) is 0 Å². The summed E-state index contributed by atoms with van der Waals surface area (Å²) in [7, 11) is 0. The molecule has 1 aromatic carbocycles. The molecule has 17 heavy (non-hydrogen) atoms. The molecule has 3 heteroatoms. The maximum Gasteiger partial charge on any atom is 0.122 e. The highest BCUT2D eigenvalue weighted by Gasteiger charge is 2.09. The third-order valence-corrected chi connectivity index (χ3v) is 3.04. The van der Waals surface area contributed by atoms with Crippen LogP contribution in [0.4, 0.5) is 0 Å². The Labute approximate surface area is 104 Å². The van der Waals surface area contributed by atoms with Crippen molar-refractivity contribution in [2.75, 3.05) is 13.2 Å². The Bertz CT molecular complexity index is 328. The van der Waals surface area contributed by atoms with E-state index in [1.165, 1.54) is 5.56 Å². The monoisotopic (exact) mass is 237 g/mol. The average molecular weight is 237 g/mol. The molecule has 0 aliphatic rings. The summed E-state index contributed by atoms with van der Waals surface area (Å²) in [6.07, 6.45) is 1.20. The zero-order valence-electron chi connectivity index (χ0n) is 10.7. The van der Waals surface area contributed by atoms with E-state index >= 15 is 0 Å². The molecule has 3 N–H and O–H groups in total. The maximum absolute atomic E-state index is 9.36. The van der Waals surface area contributed by atoms with Crippen molar-refractivity contribution in [2.24, 2.45) is 5.73 Å². The van der Waals surface area contributed by atoms with Crippen molar-refractivity contribution in [3.63, 3.8) is 0 Å². The number of nitrogens with two attached hydrogens (primary N) is 1. The molecule has 0 saturated carbocycles. The Hall–Kier alpha value is -1.06. The second-order valence-electron chi connectivity index (χ2n) is 4.37. The van der Waals surface area contributed by atoms with Gasteiger partial charge in [-0.3, -0.25) is 0 Å². The third kappa shape index (κ3) is 4.36. The van der Waals surface area contributed by atoms with Gasteiger partial charge in [0.2, 0.25) is 0 Å². The largest absolute Gasteiger partial charge is 0.493 e. The van der Waals surface area contributed by atoms with Crippen molar-refractivity contribution < 1.29 is 9.84 Å². The summed E-state index contributed by atoms with van der Waals surface area (Å²) >= 11 is 0. The van der Waals surface area contributed by atoms with Crippen LogP contribution in [0.2, 0.25) is 0 Å². The molecule has 0 fully saturated rings. The Kier molecular flexibility index (Phi) is 6.01. The minimum atomic E-state index is -0.467. The molecule has 0 amide bonds. The highest BCUT2D eigenvalue weighted by atomic mass is 16.5. The van der Waals surface area contributed by atoms with Gasteiger partial charge in [-0.15, -0.1) is 0 Å². The summed E-state index contributed by atoms with van der Waals surface area (Å²) in [5.41, 5.74) is 6.58. The van der Waals surface area contributed by atoms with Gasteiger partial charge < -0.3 is 15.6 Å². The number of aliphatic hydroxyl groups is 1. The molecule has 0 bridgehead atoms. The van der Waals surface area contributed by atoms with Crippen molar-refractivity contribution in [3.8, 4) is 5.75 Å². The Morgan fingerprint density at radius 2 is 2.06 bits per heavy atom. The van der Waals surface area contributed by atoms with Gasteiger partial charge in [0.15, 0.2) is 0 Å². The summed E-state index contributed by atoms with van der Waals surface area (Å²) in [6, 6.07) is 8.09. The van der Waals surface area contributed by atoms with E-state index in [1.807, 2.05) is 18.2 Å². The molecule has 2 atom stereocenters. The molecular formula is C14H23NO2. The minimum Gasteiger partial charge on any atom is -0.493 e. The van der Waals surface area contributed by atoms with Crippen LogP contribution in [0.5, 0.6) is 5.75 Å². The van der Waals surface area contributed by atoms with E-state index in [-0.39, 0.29) is 6.54 Å². The molecule has 0 aliphatic carbocycles. The van der Waals surface area contributed by atoms with Crippen molar-refractivity contribution in [1.82, 2.24) is 0 Å². The van der Waals surface area contributed by atoms with E-state index in [4.69, 9.17) is 10.5 Å². The molecule has 1 rings (SSSR count). The number of rotatable bonds is 7. The van der Waals surface area contributed by atoms with Gasteiger partial charge >= 0.3 is 0 Å². The van der Waals surface area contributed by atoms with Crippen LogP contribution in [0, 0.1) is 0 Å². The highest BCUT2D eigenvalue weighted by molar-refractivity contribution is 5.35. The van der Waals surface area contributed by atoms with Crippen LogP contribution in [-0.2, 0) is 0 Å². The van der Waals surface area contributed by atoms with Crippen LogP contribution in [0.25, 0.3) is 0 Å². The third-order valence-electron chi connectivity index (χ3n) is 3.04. The molecule has 0 radical (unpaired) electrons. The van der Waals surface area contributed by atoms with E-state index in [9.17, 15) is 5.11 Å². The van der Waals surface area contributed by atoms with Gasteiger partial charge in [-0.1, -0.05) is 32.0 Å². The molecule has 1 aromatic rings. The fraction of sp³-hybridized carbons (Fsp3) is 0.571. The van der Waals surface area contributed by atoms with Crippen molar-refractivity contribution in [1.29, 1.82) is 0 Å². The van der Waals surface area contributed by atoms with Gasteiger partial charge in [0, 0.05) is 13.0 Å². The fourth-order valence-electron chi connectivity index (χ4n) is 1.66. The van der Waals surface area contributed by atoms with Crippen LogP contribution >= 0.6 is 0 Å². The molecule has 0 aromatic heterocycles. The molecule has 0 saturated heterocycles. The number of hydrogen-bond donors (Lipinski definition) is 2. The lowest BCUT2D eigenvalue weighted by molar-refractivity contribution is 0.145. The zero-order chi connectivity index (χ0) is 12.7. The molecule has 3 nitrogen and oxygen atoms in total. The van der Waals surface area contributed by atoms with E-state index in [0.29, 0.717) is 18.9 Å². The van der Waals surface area contributed by atoms with Gasteiger partial charge in [0.25, 0.3) is 0 Å². The summed E-state index contributed by atoms with van der Waals surface area (Å²) in [5.74, 6) is 1.41. The minimum absolute atomic E-state index is 0.288. The Morgan fingerprint density at radius 1 is 1.35 bits per heavy atom.